The standard InChI is InChI=1S/C24H17N3O4/c1-13-9-14(2)11-16(10-13)22-26-27-24(31-22)25-21(28)19-12-18-17-6-4-3-5-15(17)7-8-20(18)30-23(19)29/h3-12H,1-2H3,(H,25,27,28). The molecule has 0 fully saturated rings. The van der Waals surface area contributed by atoms with Crippen LogP contribution in [-0.2, 0) is 0 Å². The Morgan fingerprint density at radius 2 is 1.65 bits per heavy atom. The van der Waals surface area contributed by atoms with Crippen LogP contribution in [0.1, 0.15) is 21.5 Å². The summed E-state index contributed by atoms with van der Waals surface area (Å²) in [7, 11) is 0. The number of carbonyl (C=O) groups is 1. The van der Waals surface area contributed by atoms with E-state index in [-0.39, 0.29) is 17.5 Å². The van der Waals surface area contributed by atoms with Gasteiger partial charge in [-0.15, -0.1) is 5.10 Å². The number of aromatic nitrogens is 2. The zero-order valence-corrected chi connectivity index (χ0v) is 16.8. The van der Waals surface area contributed by atoms with E-state index in [2.05, 4.69) is 15.5 Å². The van der Waals surface area contributed by atoms with Gasteiger partial charge in [0.15, 0.2) is 0 Å². The smallest absolute Gasteiger partial charge is 0.349 e. The first-order valence-electron chi connectivity index (χ1n) is 9.67. The van der Waals surface area contributed by atoms with E-state index in [4.69, 9.17) is 8.83 Å². The van der Waals surface area contributed by atoms with Crippen LogP contribution in [0, 0.1) is 13.8 Å². The van der Waals surface area contributed by atoms with Gasteiger partial charge in [-0.3, -0.25) is 10.1 Å². The number of hydrogen-bond acceptors (Lipinski definition) is 6. The van der Waals surface area contributed by atoms with E-state index >= 15 is 0 Å². The summed E-state index contributed by atoms with van der Waals surface area (Å²) in [6.45, 7) is 3.94. The SMILES string of the molecule is Cc1cc(C)cc(-c2nnc(NC(=O)c3cc4c(ccc5ccccc54)oc3=O)o2)c1. The van der Waals surface area contributed by atoms with Crippen molar-refractivity contribution < 1.29 is 13.6 Å². The van der Waals surface area contributed by atoms with E-state index in [0.29, 0.717) is 11.0 Å². The van der Waals surface area contributed by atoms with Crippen molar-refractivity contribution in [2.45, 2.75) is 13.8 Å². The average molecular weight is 411 g/mol. The topological polar surface area (TPSA) is 98.2 Å². The van der Waals surface area contributed by atoms with E-state index in [1.165, 1.54) is 6.07 Å². The van der Waals surface area contributed by atoms with Gasteiger partial charge in [-0.2, -0.15) is 0 Å². The molecule has 3 aromatic carbocycles. The van der Waals surface area contributed by atoms with E-state index in [9.17, 15) is 9.59 Å². The van der Waals surface area contributed by atoms with Gasteiger partial charge in [0, 0.05) is 10.9 Å². The van der Waals surface area contributed by atoms with Crippen LogP contribution in [0.4, 0.5) is 6.01 Å². The van der Waals surface area contributed by atoms with Crippen molar-refractivity contribution in [2.75, 3.05) is 5.32 Å². The number of aryl methyl sites for hydroxylation is 2. The van der Waals surface area contributed by atoms with Crippen molar-refractivity contribution >= 4 is 33.7 Å². The molecule has 152 valence electrons. The Labute approximate surface area is 176 Å². The normalized spacial score (nSPS) is 11.2. The second-order valence-corrected chi connectivity index (χ2v) is 7.39. The first kappa shape index (κ1) is 18.7. The molecule has 0 atom stereocenters. The number of carbonyl (C=O) groups excluding carboxylic acids is 1. The van der Waals surface area contributed by atoms with Crippen molar-refractivity contribution in [3.8, 4) is 11.5 Å². The van der Waals surface area contributed by atoms with Gasteiger partial charge in [0.25, 0.3) is 5.91 Å². The summed E-state index contributed by atoms with van der Waals surface area (Å²) in [5, 5.41) is 12.9. The van der Waals surface area contributed by atoms with Gasteiger partial charge in [-0.1, -0.05) is 52.6 Å². The van der Waals surface area contributed by atoms with Crippen LogP contribution in [0.2, 0.25) is 0 Å². The lowest BCUT2D eigenvalue weighted by atomic mass is 10.0. The molecule has 0 aliphatic rings. The molecule has 1 N–H and O–H groups in total. The average Bonchev–Trinajstić information content (AvgIpc) is 3.21. The first-order valence-corrected chi connectivity index (χ1v) is 9.67. The highest BCUT2D eigenvalue weighted by atomic mass is 16.4. The van der Waals surface area contributed by atoms with Gasteiger partial charge in [0.1, 0.15) is 11.1 Å². The number of anilines is 1. The van der Waals surface area contributed by atoms with Gasteiger partial charge >= 0.3 is 11.6 Å². The minimum atomic E-state index is -0.741. The fourth-order valence-electron chi connectivity index (χ4n) is 3.68. The molecule has 7 heteroatoms. The van der Waals surface area contributed by atoms with Crippen LogP contribution in [0.15, 0.2) is 74.3 Å². The van der Waals surface area contributed by atoms with Gasteiger partial charge in [-0.25, -0.2) is 4.79 Å². The first-order chi connectivity index (χ1) is 15.0. The van der Waals surface area contributed by atoms with Gasteiger partial charge in [-0.05, 0) is 48.9 Å². The summed E-state index contributed by atoms with van der Waals surface area (Å²) in [5.41, 5.74) is 2.39. The lowest BCUT2D eigenvalue weighted by Crippen LogP contribution is -2.20. The van der Waals surface area contributed by atoms with Crippen LogP contribution < -0.4 is 10.9 Å². The van der Waals surface area contributed by atoms with E-state index in [1.54, 1.807) is 6.07 Å². The molecule has 5 aromatic rings. The zero-order valence-electron chi connectivity index (χ0n) is 16.8. The highest BCUT2D eigenvalue weighted by molar-refractivity contribution is 6.10. The maximum Gasteiger partial charge on any atom is 0.349 e. The number of amides is 1. The third-order valence-electron chi connectivity index (χ3n) is 5.00. The van der Waals surface area contributed by atoms with Crippen molar-refractivity contribution in [3.63, 3.8) is 0 Å². The summed E-state index contributed by atoms with van der Waals surface area (Å²) >= 11 is 0. The van der Waals surface area contributed by atoms with Crippen molar-refractivity contribution in [3.05, 3.63) is 87.8 Å². The number of benzene rings is 3. The van der Waals surface area contributed by atoms with E-state index < -0.39 is 11.5 Å². The molecule has 5 rings (SSSR count). The molecule has 0 aliphatic carbocycles. The highest BCUT2D eigenvalue weighted by Crippen LogP contribution is 2.26. The molecule has 0 aliphatic heterocycles. The Kier molecular flexibility index (Phi) is 4.36. The lowest BCUT2D eigenvalue weighted by Gasteiger charge is -2.05. The number of nitrogens with one attached hydrogen (secondary N) is 1. The highest BCUT2D eigenvalue weighted by Gasteiger charge is 2.18. The molecule has 1 amide bonds. The summed E-state index contributed by atoms with van der Waals surface area (Å²) in [6.07, 6.45) is 0. The zero-order chi connectivity index (χ0) is 21.5. The minimum Gasteiger partial charge on any atom is -0.422 e. The van der Waals surface area contributed by atoms with Gasteiger partial charge in [0.2, 0.25) is 5.89 Å². The molecule has 0 radical (unpaired) electrons. The molecule has 7 nitrogen and oxygen atoms in total. The summed E-state index contributed by atoms with van der Waals surface area (Å²) in [4.78, 5) is 25.2. The molecule has 2 aromatic heterocycles. The summed E-state index contributed by atoms with van der Waals surface area (Å²) in [5.74, 6) is -0.405. The molecule has 0 unspecified atom stereocenters. The van der Waals surface area contributed by atoms with Crippen LogP contribution in [0.25, 0.3) is 33.2 Å². The van der Waals surface area contributed by atoms with E-state index in [1.807, 2.05) is 62.4 Å². The number of fused-ring (bicyclic) bond motifs is 3. The fourth-order valence-corrected chi connectivity index (χ4v) is 3.68. The minimum absolute atomic E-state index is 0.100. The lowest BCUT2D eigenvalue weighted by molar-refractivity contribution is 0.102. The van der Waals surface area contributed by atoms with Crippen molar-refractivity contribution in [1.82, 2.24) is 10.2 Å². The second-order valence-electron chi connectivity index (χ2n) is 7.39. The maximum atomic E-state index is 12.8. The molecular formula is C24H17N3O4. The monoisotopic (exact) mass is 411 g/mol. The summed E-state index contributed by atoms with van der Waals surface area (Å²) in [6, 6.07) is 18.5. The number of hydrogen-bond donors (Lipinski definition) is 1. The number of nitrogens with zero attached hydrogens (tertiary/aromatic N) is 2. The molecule has 0 bridgehead atoms. The molecule has 0 saturated carbocycles. The van der Waals surface area contributed by atoms with Crippen LogP contribution in [-0.4, -0.2) is 16.1 Å². The van der Waals surface area contributed by atoms with Gasteiger partial charge < -0.3 is 8.83 Å². The van der Waals surface area contributed by atoms with E-state index in [0.717, 1.165) is 27.5 Å². The maximum absolute atomic E-state index is 12.8. The van der Waals surface area contributed by atoms with Gasteiger partial charge in [0.05, 0.1) is 0 Å². The Morgan fingerprint density at radius 1 is 0.871 bits per heavy atom. The van der Waals surface area contributed by atoms with Crippen LogP contribution in [0.5, 0.6) is 0 Å². The Morgan fingerprint density at radius 3 is 2.45 bits per heavy atom. The Bertz CT molecular complexity index is 1510. The number of rotatable bonds is 3. The predicted octanol–water partition coefficient (Wildman–Crippen LogP) is 4.87. The molecule has 31 heavy (non-hydrogen) atoms. The third kappa shape index (κ3) is 3.46. The third-order valence-corrected chi connectivity index (χ3v) is 5.00. The summed E-state index contributed by atoms with van der Waals surface area (Å²) < 4.78 is 11.0. The van der Waals surface area contributed by atoms with Crippen molar-refractivity contribution in [2.24, 2.45) is 0 Å². The molecular weight excluding hydrogens is 394 g/mol. The van der Waals surface area contributed by atoms with Crippen molar-refractivity contribution in [1.29, 1.82) is 0 Å². The molecule has 2 heterocycles. The predicted molar refractivity (Wildman–Crippen MR) is 117 cm³/mol. The fraction of sp³-hybridized carbons (Fsp3) is 0.0833. The van der Waals surface area contributed by atoms with Crippen LogP contribution >= 0.6 is 0 Å². The largest absolute Gasteiger partial charge is 0.422 e. The quantitative estimate of drug-likeness (QED) is 0.336. The Hall–Kier alpha value is -4.26. The Balaban J connectivity index is 1.49. The van der Waals surface area contributed by atoms with Crippen LogP contribution in [0.3, 0.4) is 0 Å². The molecule has 0 saturated heterocycles. The second kappa shape index (κ2) is 7.21. The molecule has 0 spiro atoms.